The topological polar surface area (TPSA) is 59.4 Å². The molecular formula is C16H10ClNO3S. The van der Waals surface area contributed by atoms with E-state index in [4.69, 9.17) is 21.4 Å². The van der Waals surface area contributed by atoms with Crippen LogP contribution in [0.2, 0.25) is 5.02 Å². The Morgan fingerprint density at radius 2 is 2.00 bits per heavy atom. The number of aliphatic carboxylic acids is 1. The number of carbonyl (C=O) groups is 1. The number of nitrogens with zero attached hydrogens (tertiary/aromatic N) is 1. The largest absolute Gasteiger partial charge is 0.478 e. The van der Waals surface area contributed by atoms with Gasteiger partial charge in [0.1, 0.15) is 5.75 Å². The number of carboxylic acid groups (broad SMARTS) is 1. The Morgan fingerprint density at radius 1 is 1.23 bits per heavy atom. The molecule has 0 radical (unpaired) electrons. The number of thiazole rings is 1. The molecule has 22 heavy (non-hydrogen) atoms. The summed E-state index contributed by atoms with van der Waals surface area (Å²) in [5.41, 5.74) is 1.62. The van der Waals surface area contributed by atoms with E-state index >= 15 is 0 Å². The van der Waals surface area contributed by atoms with Crippen molar-refractivity contribution in [3.63, 3.8) is 0 Å². The van der Waals surface area contributed by atoms with Crippen LogP contribution in [0, 0.1) is 0 Å². The Balaban J connectivity index is 1.78. The zero-order valence-corrected chi connectivity index (χ0v) is 12.8. The van der Waals surface area contributed by atoms with Crippen LogP contribution >= 0.6 is 22.9 Å². The lowest BCUT2D eigenvalue weighted by atomic mass is 10.2. The Hall–Kier alpha value is -2.37. The summed E-state index contributed by atoms with van der Waals surface area (Å²) in [6.07, 6.45) is 2.61. The number of ether oxygens (including phenoxy) is 1. The summed E-state index contributed by atoms with van der Waals surface area (Å²) in [4.78, 5) is 14.8. The number of benzene rings is 2. The van der Waals surface area contributed by atoms with E-state index in [2.05, 4.69) is 4.98 Å². The molecule has 0 aliphatic rings. The van der Waals surface area contributed by atoms with Crippen LogP contribution < -0.4 is 4.74 Å². The monoisotopic (exact) mass is 331 g/mol. The third-order valence-electron chi connectivity index (χ3n) is 2.83. The van der Waals surface area contributed by atoms with Gasteiger partial charge in [-0.2, -0.15) is 0 Å². The van der Waals surface area contributed by atoms with Crippen molar-refractivity contribution in [2.75, 3.05) is 0 Å². The third-order valence-corrected chi connectivity index (χ3v) is 3.97. The molecule has 0 aliphatic carbocycles. The lowest BCUT2D eigenvalue weighted by Crippen LogP contribution is -1.86. The van der Waals surface area contributed by atoms with E-state index < -0.39 is 5.97 Å². The summed E-state index contributed by atoms with van der Waals surface area (Å²) in [6, 6.07) is 12.6. The molecule has 0 bridgehead atoms. The first-order valence-corrected chi connectivity index (χ1v) is 7.54. The fraction of sp³-hybridized carbons (Fsp3) is 0. The third kappa shape index (κ3) is 3.44. The maximum Gasteiger partial charge on any atom is 0.328 e. The molecule has 0 saturated carbocycles. The van der Waals surface area contributed by atoms with Gasteiger partial charge in [-0.25, -0.2) is 9.78 Å². The van der Waals surface area contributed by atoms with Crippen LogP contribution in [0.5, 0.6) is 10.9 Å². The van der Waals surface area contributed by atoms with Gasteiger partial charge in [-0.05, 0) is 42.0 Å². The highest BCUT2D eigenvalue weighted by atomic mass is 35.5. The van der Waals surface area contributed by atoms with Crippen LogP contribution in [0.25, 0.3) is 16.3 Å². The number of rotatable bonds is 4. The molecule has 110 valence electrons. The SMILES string of the molecule is O=C(O)/C=C/c1ccc(Oc2nc3ccc(Cl)cc3s2)cc1. The van der Waals surface area contributed by atoms with Crippen LogP contribution in [0.4, 0.5) is 0 Å². The first-order valence-electron chi connectivity index (χ1n) is 6.35. The lowest BCUT2D eigenvalue weighted by Gasteiger charge is -2.01. The summed E-state index contributed by atoms with van der Waals surface area (Å²) in [6.45, 7) is 0. The summed E-state index contributed by atoms with van der Waals surface area (Å²) < 4.78 is 6.67. The molecule has 3 aromatic rings. The summed E-state index contributed by atoms with van der Waals surface area (Å²) in [7, 11) is 0. The lowest BCUT2D eigenvalue weighted by molar-refractivity contribution is -0.131. The van der Waals surface area contributed by atoms with Crippen LogP contribution in [-0.4, -0.2) is 16.1 Å². The highest BCUT2D eigenvalue weighted by Crippen LogP contribution is 2.32. The van der Waals surface area contributed by atoms with Crippen LogP contribution in [0.15, 0.2) is 48.5 Å². The molecule has 3 rings (SSSR count). The molecule has 0 spiro atoms. The highest BCUT2D eigenvalue weighted by Gasteiger charge is 2.06. The standard InChI is InChI=1S/C16H10ClNO3S/c17-11-4-7-13-14(9-11)22-16(18-13)21-12-5-1-10(2-6-12)3-8-15(19)20/h1-9H,(H,19,20)/b8-3+. The Kier molecular flexibility index (Phi) is 4.09. The molecule has 1 heterocycles. The predicted molar refractivity (Wildman–Crippen MR) is 87.8 cm³/mol. The van der Waals surface area contributed by atoms with Crippen molar-refractivity contribution in [3.05, 3.63) is 59.1 Å². The van der Waals surface area contributed by atoms with Crippen LogP contribution in [0.3, 0.4) is 0 Å². The van der Waals surface area contributed by atoms with Gasteiger partial charge in [-0.3, -0.25) is 0 Å². The molecule has 2 aromatic carbocycles. The number of aromatic nitrogens is 1. The van der Waals surface area contributed by atoms with Crippen molar-refractivity contribution in [1.29, 1.82) is 0 Å². The van der Waals surface area contributed by atoms with Gasteiger partial charge in [-0.1, -0.05) is 35.1 Å². The molecule has 0 unspecified atom stereocenters. The molecule has 1 N–H and O–H groups in total. The zero-order valence-electron chi connectivity index (χ0n) is 11.2. The highest BCUT2D eigenvalue weighted by molar-refractivity contribution is 7.20. The van der Waals surface area contributed by atoms with E-state index in [1.165, 1.54) is 17.4 Å². The van der Waals surface area contributed by atoms with E-state index in [1.807, 2.05) is 12.1 Å². The minimum Gasteiger partial charge on any atom is -0.478 e. The molecule has 0 fully saturated rings. The van der Waals surface area contributed by atoms with Crippen molar-refractivity contribution in [1.82, 2.24) is 4.98 Å². The molecule has 4 nitrogen and oxygen atoms in total. The van der Waals surface area contributed by atoms with E-state index in [0.29, 0.717) is 16.0 Å². The van der Waals surface area contributed by atoms with Gasteiger partial charge >= 0.3 is 5.97 Å². The zero-order chi connectivity index (χ0) is 15.5. The van der Waals surface area contributed by atoms with Gasteiger partial charge in [0.2, 0.25) is 0 Å². The quantitative estimate of drug-likeness (QED) is 0.695. The second kappa shape index (κ2) is 6.17. The maximum atomic E-state index is 10.5. The minimum absolute atomic E-state index is 0.533. The smallest absolute Gasteiger partial charge is 0.328 e. The van der Waals surface area contributed by atoms with Crippen LogP contribution in [-0.2, 0) is 4.79 Å². The predicted octanol–water partition coefficient (Wildman–Crippen LogP) is 4.84. The van der Waals surface area contributed by atoms with Gasteiger partial charge in [0.25, 0.3) is 5.19 Å². The summed E-state index contributed by atoms with van der Waals surface area (Å²) >= 11 is 7.36. The van der Waals surface area contributed by atoms with Gasteiger partial charge in [0.05, 0.1) is 10.2 Å². The molecular weight excluding hydrogens is 322 g/mol. The van der Waals surface area contributed by atoms with Crippen molar-refractivity contribution in [2.24, 2.45) is 0 Å². The molecule has 1 aromatic heterocycles. The second-order valence-corrected chi connectivity index (χ2v) is 5.86. The van der Waals surface area contributed by atoms with Gasteiger partial charge in [0.15, 0.2) is 0 Å². The first-order chi connectivity index (χ1) is 10.6. The van der Waals surface area contributed by atoms with Gasteiger partial charge < -0.3 is 9.84 Å². The fourth-order valence-electron chi connectivity index (χ4n) is 1.84. The van der Waals surface area contributed by atoms with Crippen molar-refractivity contribution >= 4 is 45.2 Å². The molecule has 0 saturated heterocycles. The maximum absolute atomic E-state index is 10.5. The Labute approximate surface area is 135 Å². The number of halogens is 1. The fourth-order valence-corrected chi connectivity index (χ4v) is 2.95. The average Bonchev–Trinajstić information content (AvgIpc) is 2.87. The summed E-state index contributed by atoms with van der Waals surface area (Å²) in [5.74, 6) is -0.342. The molecule has 6 heteroatoms. The molecule has 0 amide bonds. The van der Waals surface area contributed by atoms with Crippen molar-refractivity contribution < 1.29 is 14.6 Å². The van der Waals surface area contributed by atoms with Crippen LogP contribution in [0.1, 0.15) is 5.56 Å². The number of hydrogen-bond donors (Lipinski definition) is 1. The minimum atomic E-state index is -0.978. The van der Waals surface area contributed by atoms with E-state index in [9.17, 15) is 4.79 Å². The Bertz CT molecular complexity index is 855. The van der Waals surface area contributed by atoms with E-state index in [0.717, 1.165) is 21.9 Å². The number of carboxylic acids is 1. The summed E-state index contributed by atoms with van der Waals surface area (Å²) in [5, 5.41) is 9.78. The average molecular weight is 332 g/mol. The molecule has 0 atom stereocenters. The van der Waals surface area contributed by atoms with E-state index in [-0.39, 0.29) is 0 Å². The van der Waals surface area contributed by atoms with Crippen molar-refractivity contribution in [3.8, 4) is 10.9 Å². The number of hydrogen-bond acceptors (Lipinski definition) is 4. The normalized spacial score (nSPS) is 11.1. The second-order valence-electron chi connectivity index (χ2n) is 4.43. The number of fused-ring (bicyclic) bond motifs is 1. The van der Waals surface area contributed by atoms with Gasteiger partial charge in [0, 0.05) is 11.1 Å². The van der Waals surface area contributed by atoms with E-state index in [1.54, 1.807) is 30.3 Å². The first kappa shape index (κ1) is 14.6. The van der Waals surface area contributed by atoms with Crippen molar-refractivity contribution in [2.45, 2.75) is 0 Å². The molecule has 0 aliphatic heterocycles. The Morgan fingerprint density at radius 3 is 2.73 bits per heavy atom. The van der Waals surface area contributed by atoms with Gasteiger partial charge in [-0.15, -0.1) is 0 Å².